The summed E-state index contributed by atoms with van der Waals surface area (Å²) in [5, 5.41) is 2.17. The van der Waals surface area contributed by atoms with Crippen LogP contribution in [0.4, 0.5) is 0 Å². The van der Waals surface area contributed by atoms with Gasteiger partial charge in [0.15, 0.2) is 0 Å². The molecule has 2 aromatic rings. The molecule has 20 heavy (non-hydrogen) atoms. The van der Waals surface area contributed by atoms with Crippen LogP contribution in [0.15, 0.2) is 35.7 Å². The number of nitrogens with two attached hydrogens (primary N) is 1. The van der Waals surface area contributed by atoms with Gasteiger partial charge in [-0.05, 0) is 69.5 Å². The standard InChI is InChI=1S/C17H20INS/c18-16-10-15(11-20-16)17(19)14-8-6-13(7-9-14)12-4-2-1-3-5-12/h6-12,17H,1-5,19H2. The minimum Gasteiger partial charge on any atom is -0.320 e. The van der Waals surface area contributed by atoms with Crippen LogP contribution in [-0.2, 0) is 0 Å². The number of benzene rings is 1. The van der Waals surface area contributed by atoms with Crippen molar-refractivity contribution in [3.8, 4) is 0 Å². The molecular formula is C17H20INS. The van der Waals surface area contributed by atoms with Crippen LogP contribution in [0.5, 0.6) is 0 Å². The lowest BCUT2D eigenvalue weighted by atomic mass is 9.83. The van der Waals surface area contributed by atoms with Crippen molar-refractivity contribution in [2.75, 3.05) is 0 Å². The molecule has 1 aliphatic rings. The highest BCUT2D eigenvalue weighted by molar-refractivity contribution is 14.1. The van der Waals surface area contributed by atoms with E-state index in [0.29, 0.717) is 0 Å². The summed E-state index contributed by atoms with van der Waals surface area (Å²) < 4.78 is 1.30. The average molecular weight is 397 g/mol. The first-order valence-corrected chi connectivity index (χ1v) is 9.29. The third kappa shape index (κ3) is 3.26. The van der Waals surface area contributed by atoms with Crippen LogP contribution >= 0.6 is 33.9 Å². The molecule has 0 radical (unpaired) electrons. The SMILES string of the molecule is NC(c1ccc(C2CCCCC2)cc1)c1csc(I)c1. The zero-order chi connectivity index (χ0) is 13.9. The molecule has 2 N–H and O–H groups in total. The van der Waals surface area contributed by atoms with Crippen molar-refractivity contribution in [1.29, 1.82) is 0 Å². The number of hydrogen-bond donors (Lipinski definition) is 1. The second-order valence-corrected chi connectivity index (χ2v) is 8.47. The molecular weight excluding hydrogens is 377 g/mol. The second kappa shape index (κ2) is 6.58. The summed E-state index contributed by atoms with van der Waals surface area (Å²) in [6.45, 7) is 0. The smallest absolute Gasteiger partial charge is 0.0656 e. The fourth-order valence-electron chi connectivity index (χ4n) is 3.09. The molecule has 0 spiro atoms. The Bertz CT molecular complexity index is 555. The van der Waals surface area contributed by atoms with Gasteiger partial charge in [-0.3, -0.25) is 0 Å². The van der Waals surface area contributed by atoms with Gasteiger partial charge in [-0.1, -0.05) is 43.5 Å². The molecule has 3 rings (SSSR count). The van der Waals surface area contributed by atoms with Gasteiger partial charge in [0.2, 0.25) is 0 Å². The van der Waals surface area contributed by atoms with Crippen LogP contribution in [-0.4, -0.2) is 0 Å². The number of rotatable bonds is 3. The van der Waals surface area contributed by atoms with Gasteiger partial charge in [-0.25, -0.2) is 0 Å². The Hall–Kier alpha value is -0.390. The van der Waals surface area contributed by atoms with Crippen molar-refractivity contribution in [1.82, 2.24) is 0 Å². The van der Waals surface area contributed by atoms with Gasteiger partial charge < -0.3 is 5.73 Å². The van der Waals surface area contributed by atoms with Gasteiger partial charge in [-0.2, -0.15) is 0 Å². The van der Waals surface area contributed by atoms with Gasteiger partial charge in [0.1, 0.15) is 0 Å². The highest BCUT2D eigenvalue weighted by Gasteiger charge is 2.16. The third-order valence-electron chi connectivity index (χ3n) is 4.32. The van der Waals surface area contributed by atoms with E-state index in [1.54, 1.807) is 11.3 Å². The van der Waals surface area contributed by atoms with Crippen LogP contribution in [0.3, 0.4) is 0 Å². The first-order chi connectivity index (χ1) is 9.74. The van der Waals surface area contributed by atoms with Crippen molar-refractivity contribution in [3.63, 3.8) is 0 Å². The van der Waals surface area contributed by atoms with Crippen molar-refractivity contribution < 1.29 is 0 Å². The molecule has 1 aromatic carbocycles. The first-order valence-electron chi connectivity index (χ1n) is 7.33. The summed E-state index contributed by atoms with van der Waals surface area (Å²) in [6, 6.07) is 11.2. The molecule has 3 heteroatoms. The lowest BCUT2D eigenvalue weighted by Gasteiger charge is -2.22. The molecule has 1 fully saturated rings. The third-order valence-corrected chi connectivity index (χ3v) is 6.13. The largest absolute Gasteiger partial charge is 0.320 e. The molecule has 1 atom stereocenters. The number of halogens is 1. The maximum Gasteiger partial charge on any atom is 0.0656 e. The Kier molecular flexibility index (Phi) is 4.79. The van der Waals surface area contributed by atoms with Crippen LogP contribution in [0.25, 0.3) is 0 Å². The summed E-state index contributed by atoms with van der Waals surface area (Å²) in [7, 11) is 0. The minimum absolute atomic E-state index is 0.00942. The van der Waals surface area contributed by atoms with E-state index >= 15 is 0 Å². The minimum atomic E-state index is 0.00942. The maximum atomic E-state index is 6.36. The van der Waals surface area contributed by atoms with E-state index < -0.39 is 0 Å². The Labute approximate surface area is 138 Å². The van der Waals surface area contributed by atoms with Crippen molar-refractivity contribution in [2.45, 2.75) is 44.1 Å². The molecule has 1 aromatic heterocycles. The van der Waals surface area contributed by atoms with E-state index in [2.05, 4.69) is 58.3 Å². The Morgan fingerprint density at radius 2 is 1.75 bits per heavy atom. The van der Waals surface area contributed by atoms with E-state index in [1.165, 1.54) is 51.7 Å². The van der Waals surface area contributed by atoms with Crippen LogP contribution in [0.1, 0.15) is 60.8 Å². The molecule has 1 saturated carbocycles. The summed E-state index contributed by atoms with van der Waals surface area (Å²) in [5.41, 5.74) is 10.3. The van der Waals surface area contributed by atoms with Gasteiger partial charge >= 0.3 is 0 Å². The van der Waals surface area contributed by atoms with Gasteiger partial charge in [0, 0.05) is 0 Å². The fraction of sp³-hybridized carbons (Fsp3) is 0.412. The van der Waals surface area contributed by atoms with Crippen LogP contribution in [0.2, 0.25) is 0 Å². The fourth-order valence-corrected chi connectivity index (χ4v) is 4.50. The van der Waals surface area contributed by atoms with Crippen molar-refractivity contribution in [3.05, 3.63) is 55.3 Å². The molecule has 1 unspecified atom stereocenters. The topological polar surface area (TPSA) is 26.0 Å². The van der Waals surface area contributed by atoms with Crippen LogP contribution in [0, 0.1) is 2.88 Å². The molecule has 0 aliphatic heterocycles. The van der Waals surface area contributed by atoms with Crippen molar-refractivity contribution >= 4 is 33.9 Å². The van der Waals surface area contributed by atoms with E-state index in [4.69, 9.17) is 5.73 Å². The molecule has 1 aliphatic carbocycles. The van der Waals surface area contributed by atoms with Crippen molar-refractivity contribution in [2.24, 2.45) is 5.73 Å². The molecule has 1 nitrogen and oxygen atoms in total. The summed E-state index contributed by atoms with van der Waals surface area (Å²) >= 11 is 4.11. The summed E-state index contributed by atoms with van der Waals surface area (Å²) in [4.78, 5) is 0. The van der Waals surface area contributed by atoms with E-state index in [0.717, 1.165) is 5.92 Å². The van der Waals surface area contributed by atoms with Gasteiger partial charge in [0.25, 0.3) is 0 Å². The first kappa shape index (κ1) is 14.5. The van der Waals surface area contributed by atoms with E-state index in [1.807, 2.05) is 0 Å². The average Bonchev–Trinajstić information content (AvgIpc) is 2.94. The molecule has 1 heterocycles. The maximum absolute atomic E-state index is 6.36. The highest BCUT2D eigenvalue weighted by Crippen LogP contribution is 2.33. The highest BCUT2D eigenvalue weighted by atomic mass is 127. The molecule has 0 bridgehead atoms. The Morgan fingerprint density at radius 3 is 2.35 bits per heavy atom. The summed E-state index contributed by atoms with van der Waals surface area (Å²) in [5.74, 6) is 0.774. The lowest BCUT2D eigenvalue weighted by Crippen LogP contribution is -2.11. The zero-order valence-electron chi connectivity index (χ0n) is 11.5. The predicted octanol–water partition coefficient (Wildman–Crippen LogP) is 5.45. The molecule has 106 valence electrons. The lowest BCUT2D eigenvalue weighted by molar-refractivity contribution is 0.443. The Morgan fingerprint density at radius 1 is 1.05 bits per heavy atom. The van der Waals surface area contributed by atoms with Gasteiger partial charge in [0.05, 0.1) is 8.93 Å². The quantitative estimate of drug-likeness (QED) is 0.685. The molecule has 0 amide bonds. The number of thiophene rings is 1. The van der Waals surface area contributed by atoms with Gasteiger partial charge in [-0.15, -0.1) is 11.3 Å². The van der Waals surface area contributed by atoms with Crippen LogP contribution < -0.4 is 5.73 Å². The second-order valence-electron chi connectivity index (χ2n) is 5.66. The number of hydrogen-bond acceptors (Lipinski definition) is 2. The predicted molar refractivity (Wildman–Crippen MR) is 95.3 cm³/mol. The van der Waals surface area contributed by atoms with E-state index in [-0.39, 0.29) is 6.04 Å². The summed E-state index contributed by atoms with van der Waals surface area (Å²) in [6.07, 6.45) is 6.90. The zero-order valence-corrected chi connectivity index (χ0v) is 14.5. The monoisotopic (exact) mass is 397 g/mol. The molecule has 0 saturated heterocycles. The normalized spacial score (nSPS) is 18.1. The Balaban J connectivity index is 1.75. The van der Waals surface area contributed by atoms with E-state index in [9.17, 15) is 0 Å².